The number of ether oxygens (including phenoxy) is 3. The molecule has 144 valence electrons. The molecular formula is C21H31NO4. The Morgan fingerprint density at radius 3 is 2.73 bits per heavy atom. The van der Waals surface area contributed by atoms with Gasteiger partial charge >= 0.3 is 6.09 Å². The molecule has 1 aliphatic rings. The third-order valence-electron chi connectivity index (χ3n) is 3.89. The minimum Gasteiger partial charge on any atom is -0.444 e. The van der Waals surface area contributed by atoms with Gasteiger partial charge in [-0.15, -0.1) is 0 Å². The summed E-state index contributed by atoms with van der Waals surface area (Å²) in [7, 11) is 0. The summed E-state index contributed by atoms with van der Waals surface area (Å²) in [6.45, 7) is 6.95. The maximum Gasteiger partial charge on any atom is 0.408 e. The summed E-state index contributed by atoms with van der Waals surface area (Å²) in [4.78, 5) is 12.1. The Labute approximate surface area is 156 Å². The van der Waals surface area contributed by atoms with Gasteiger partial charge in [-0.05, 0) is 52.0 Å². The molecular weight excluding hydrogens is 330 g/mol. The molecule has 0 radical (unpaired) electrons. The number of amides is 1. The molecule has 0 bridgehead atoms. The molecule has 1 aromatic carbocycles. The van der Waals surface area contributed by atoms with Crippen LogP contribution in [0.25, 0.3) is 0 Å². The lowest BCUT2D eigenvalue weighted by Crippen LogP contribution is -2.34. The second-order valence-electron chi connectivity index (χ2n) is 7.42. The molecule has 1 fully saturated rings. The van der Waals surface area contributed by atoms with Gasteiger partial charge in [-0.25, -0.2) is 4.79 Å². The van der Waals surface area contributed by atoms with E-state index in [0.29, 0.717) is 6.61 Å². The first-order valence-electron chi connectivity index (χ1n) is 9.38. The Morgan fingerprint density at radius 2 is 2.08 bits per heavy atom. The fraction of sp³-hybridized carbons (Fsp3) is 0.571. The zero-order valence-corrected chi connectivity index (χ0v) is 16.1. The van der Waals surface area contributed by atoms with E-state index in [1.807, 2.05) is 63.3 Å². The normalized spacial score (nSPS) is 19.3. The van der Waals surface area contributed by atoms with Gasteiger partial charge in [0, 0.05) is 6.61 Å². The molecule has 0 aromatic heterocycles. The second-order valence-corrected chi connectivity index (χ2v) is 7.42. The molecule has 26 heavy (non-hydrogen) atoms. The molecule has 1 aromatic rings. The molecule has 5 nitrogen and oxygen atoms in total. The van der Waals surface area contributed by atoms with Crippen molar-refractivity contribution in [1.29, 1.82) is 0 Å². The minimum atomic E-state index is -0.525. The van der Waals surface area contributed by atoms with Gasteiger partial charge in [0.1, 0.15) is 5.60 Å². The fourth-order valence-corrected chi connectivity index (χ4v) is 2.68. The summed E-state index contributed by atoms with van der Waals surface area (Å²) in [6, 6.07) is 9.59. The Morgan fingerprint density at radius 1 is 1.31 bits per heavy atom. The van der Waals surface area contributed by atoms with E-state index in [0.717, 1.165) is 37.9 Å². The number of hydrogen-bond donors (Lipinski definition) is 1. The van der Waals surface area contributed by atoms with Gasteiger partial charge in [0.15, 0.2) is 6.29 Å². The number of benzene rings is 1. The van der Waals surface area contributed by atoms with Gasteiger partial charge in [-0.2, -0.15) is 0 Å². The monoisotopic (exact) mass is 361 g/mol. The quantitative estimate of drug-likeness (QED) is 0.563. The van der Waals surface area contributed by atoms with Gasteiger partial charge in [-0.3, -0.25) is 0 Å². The number of nitrogens with one attached hydrogen (secondary N) is 1. The number of alkyl carbamates (subject to hydrolysis) is 1. The smallest absolute Gasteiger partial charge is 0.408 e. The van der Waals surface area contributed by atoms with Crippen LogP contribution in [-0.2, 0) is 14.2 Å². The highest BCUT2D eigenvalue weighted by atomic mass is 16.7. The molecule has 1 N–H and O–H groups in total. The largest absolute Gasteiger partial charge is 0.444 e. The zero-order valence-electron chi connectivity index (χ0n) is 16.1. The van der Waals surface area contributed by atoms with Crippen molar-refractivity contribution in [2.75, 3.05) is 13.2 Å². The van der Waals surface area contributed by atoms with Crippen LogP contribution in [-0.4, -0.2) is 31.2 Å². The number of rotatable bonds is 7. The molecule has 2 unspecified atom stereocenters. The maximum absolute atomic E-state index is 12.1. The van der Waals surface area contributed by atoms with Gasteiger partial charge < -0.3 is 19.5 Å². The summed E-state index contributed by atoms with van der Waals surface area (Å²) in [5.41, 5.74) is 0.481. The van der Waals surface area contributed by atoms with Crippen molar-refractivity contribution in [1.82, 2.24) is 5.32 Å². The first-order valence-corrected chi connectivity index (χ1v) is 9.38. The van der Waals surface area contributed by atoms with Gasteiger partial charge in [0.2, 0.25) is 0 Å². The molecule has 0 saturated carbocycles. The van der Waals surface area contributed by atoms with Crippen LogP contribution in [0.4, 0.5) is 4.79 Å². The Kier molecular flexibility index (Phi) is 8.13. The number of carbonyl (C=O) groups excluding carboxylic acids is 1. The molecule has 1 aliphatic heterocycles. The summed E-state index contributed by atoms with van der Waals surface area (Å²) in [5.74, 6) is 0. The lowest BCUT2D eigenvalue weighted by atomic mass is 10.1. The maximum atomic E-state index is 12.1. The first kappa shape index (κ1) is 20.5. The molecule has 5 heteroatoms. The molecule has 1 heterocycles. The Hall–Kier alpha value is -1.85. The molecule has 0 spiro atoms. The zero-order chi connectivity index (χ0) is 18.8. The highest BCUT2D eigenvalue weighted by molar-refractivity contribution is 5.68. The Bertz CT molecular complexity index is 559. The van der Waals surface area contributed by atoms with Crippen LogP contribution in [0.3, 0.4) is 0 Å². The van der Waals surface area contributed by atoms with E-state index in [2.05, 4.69) is 5.32 Å². The Balaban J connectivity index is 1.86. The standard InChI is InChI=1S/C21H31NO4/c1-21(2,3)26-20(23)22-18(17-11-5-4-6-12-17)13-7-9-15-24-19-14-8-10-16-25-19/h4-7,11-13,18-19H,8-10,14-16H2,1-3H3,(H,22,23). The fourth-order valence-electron chi connectivity index (χ4n) is 2.68. The van der Waals surface area contributed by atoms with Gasteiger partial charge in [0.25, 0.3) is 0 Å². The average Bonchev–Trinajstić information content (AvgIpc) is 2.60. The van der Waals surface area contributed by atoms with E-state index in [1.165, 1.54) is 0 Å². The molecule has 1 amide bonds. The lowest BCUT2D eigenvalue weighted by molar-refractivity contribution is -0.161. The summed E-state index contributed by atoms with van der Waals surface area (Å²) in [5, 5.41) is 2.92. The van der Waals surface area contributed by atoms with Crippen molar-refractivity contribution >= 4 is 6.09 Å². The minimum absolute atomic E-state index is 0.0676. The van der Waals surface area contributed by atoms with Gasteiger partial charge in [0.05, 0.1) is 12.6 Å². The van der Waals surface area contributed by atoms with Crippen LogP contribution in [0.1, 0.15) is 58.1 Å². The molecule has 1 saturated heterocycles. The van der Waals surface area contributed by atoms with Crippen LogP contribution in [0.5, 0.6) is 0 Å². The third kappa shape index (κ3) is 8.02. The van der Waals surface area contributed by atoms with E-state index < -0.39 is 11.7 Å². The van der Waals surface area contributed by atoms with Crippen molar-refractivity contribution in [3.63, 3.8) is 0 Å². The number of hydrogen-bond acceptors (Lipinski definition) is 4. The van der Waals surface area contributed by atoms with Crippen molar-refractivity contribution in [3.05, 3.63) is 48.0 Å². The van der Waals surface area contributed by atoms with Crippen LogP contribution in [0.15, 0.2) is 42.5 Å². The van der Waals surface area contributed by atoms with Crippen LogP contribution in [0, 0.1) is 0 Å². The first-order chi connectivity index (χ1) is 12.4. The van der Waals surface area contributed by atoms with Crippen LogP contribution in [0.2, 0.25) is 0 Å². The summed E-state index contributed by atoms with van der Waals surface area (Å²) >= 11 is 0. The van der Waals surface area contributed by atoms with Crippen molar-refractivity contribution in [2.45, 2.75) is 64.4 Å². The van der Waals surface area contributed by atoms with Crippen molar-refractivity contribution in [3.8, 4) is 0 Å². The molecule has 0 aliphatic carbocycles. The number of carbonyl (C=O) groups is 1. The van der Waals surface area contributed by atoms with Crippen molar-refractivity contribution < 1.29 is 19.0 Å². The topological polar surface area (TPSA) is 56.8 Å². The predicted octanol–water partition coefficient (Wildman–Crippen LogP) is 4.74. The van der Waals surface area contributed by atoms with Gasteiger partial charge in [-0.1, -0.05) is 42.5 Å². The summed E-state index contributed by atoms with van der Waals surface area (Å²) < 4.78 is 16.7. The van der Waals surface area contributed by atoms with E-state index in [9.17, 15) is 4.79 Å². The van der Waals surface area contributed by atoms with E-state index in [1.54, 1.807) is 0 Å². The molecule has 2 rings (SSSR count). The highest BCUT2D eigenvalue weighted by Crippen LogP contribution is 2.17. The van der Waals surface area contributed by atoms with E-state index >= 15 is 0 Å². The third-order valence-corrected chi connectivity index (χ3v) is 3.89. The van der Waals surface area contributed by atoms with E-state index in [4.69, 9.17) is 14.2 Å². The molecule has 2 atom stereocenters. The van der Waals surface area contributed by atoms with Crippen LogP contribution >= 0.6 is 0 Å². The predicted molar refractivity (Wildman–Crippen MR) is 102 cm³/mol. The lowest BCUT2D eigenvalue weighted by Gasteiger charge is -2.23. The van der Waals surface area contributed by atoms with E-state index in [-0.39, 0.29) is 12.3 Å². The van der Waals surface area contributed by atoms with Crippen molar-refractivity contribution in [2.24, 2.45) is 0 Å². The summed E-state index contributed by atoms with van der Waals surface area (Å²) in [6.07, 6.45) is 7.52. The SMILES string of the molecule is CC(C)(C)OC(=O)NC(C=CCCOC1CCCCO1)c1ccccc1. The highest BCUT2D eigenvalue weighted by Gasteiger charge is 2.19. The second kappa shape index (κ2) is 10.3. The average molecular weight is 361 g/mol. The van der Waals surface area contributed by atoms with Crippen LogP contribution < -0.4 is 5.32 Å².